The number of nitrogens with zero attached hydrogens (tertiary/aromatic N) is 1. The highest BCUT2D eigenvalue weighted by molar-refractivity contribution is 5.85. The van der Waals surface area contributed by atoms with Crippen LogP contribution in [0.4, 0.5) is 0 Å². The molecule has 0 unspecified atom stereocenters. The van der Waals surface area contributed by atoms with Gasteiger partial charge in [0.05, 0.1) is 5.41 Å². The van der Waals surface area contributed by atoms with Crippen LogP contribution in [-0.2, 0) is 10.2 Å². The standard InChI is InChI=1S/C10H13NO3/c1-10(2,9(12)11(13)14)8-6-4-3-5-7-8/h3-7,13-14H,1-2H3. The molecule has 0 heterocycles. The average Bonchev–Trinajstić information content (AvgIpc) is 2.18. The Hall–Kier alpha value is -1.39. The predicted molar refractivity (Wildman–Crippen MR) is 49.9 cm³/mol. The van der Waals surface area contributed by atoms with Gasteiger partial charge in [0.15, 0.2) is 0 Å². The van der Waals surface area contributed by atoms with E-state index >= 15 is 0 Å². The van der Waals surface area contributed by atoms with Crippen LogP contribution >= 0.6 is 0 Å². The lowest BCUT2D eigenvalue weighted by molar-refractivity contribution is -0.288. The van der Waals surface area contributed by atoms with E-state index < -0.39 is 11.3 Å². The van der Waals surface area contributed by atoms with Crippen molar-refractivity contribution in [2.75, 3.05) is 0 Å². The highest BCUT2D eigenvalue weighted by Gasteiger charge is 2.33. The summed E-state index contributed by atoms with van der Waals surface area (Å²) in [7, 11) is 0. The van der Waals surface area contributed by atoms with Gasteiger partial charge in [0, 0.05) is 0 Å². The van der Waals surface area contributed by atoms with Crippen molar-refractivity contribution in [2.24, 2.45) is 0 Å². The second-order valence-electron chi connectivity index (χ2n) is 3.59. The molecule has 0 saturated carbocycles. The van der Waals surface area contributed by atoms with Gasteiger partial charge in [-0.15, -0.1) is 0 Å². The minimum absolute atomic E-state index is 0.368. The van der Waals surface area contributed by atoms with E-state index in [-0.39, 0.29) is 5.23 Å². The summed E-state index contributed by atoms with van der Waals surface area (Å²) >= 11 is 0. The molecule has 1 aromatic rings. The lowest BCUT2D eigenvalue weighted by Gasteiger charge is -2.24. The number of carbonyl (C=O) groups is 1. The fraction of sp³-hybridized carbons (Fsp3) is 0.300. The van der Waals surface area contributed by atoms with Crippen molar-refractivity contribution in [3.05, 3.63) is 35.9 Å². The molecule has 0 fully saturated rings. The Morgan fingerprint density at radius 1 is 1.21 bits per heavy atom. The molecular weight excluding hydrogens is 182 g/mol. The Bertz CT molecular complexity index is 319. The lowest BCUT2D eigenvalue weighted by Crippen LogP contribution is -2.39. The van der Waals surface area contributed by atoms with Gasteiger partial charge in [0.2, 0.25) is 0 Å². The predicted octanol–water partition coefficient (Wildman–Crippen LogP) is 1.57. The van der Waals surface area contributed by atoms with E-state index in [9.17, 15) is 4.79 Å². The fourth-order valence-electron chi connectivity index (χ4n) is 1.23. The molecular formula is C10H13NO3. The summed E-state index contributed by atoms with van der Waals surface area (Å²) in [6, 6.07) is 8.95. The number of hydroxylamine groups is 2. The number of hydrogen-bond donors (Lipinski definition) is 2. The van der Waals surface area contributed by atoms with Crippen molar-refractivity contribution in [1.82, 2.24) is 5.23 Å². The van der Waals surface area contributed by atoms with Gasteiger partial charge in [-0.2, -0.15) is 0 Å². The molecule has 1 amide bonds. The third kappa shape index (κ3) is 1.92. The summed E-state index contributed by atoms with van der Waals surface area (Å²) in [5.74, 6) is -0.760. The highest BCUT2D eigenvalue weighted by atomic mass is 16.8. The maximum Gasteiger partial charge on any atom is 0.282 e. The van der Waals surface area contributed by atoms with E-state index in [0.717, 1.165) is 5.56 Å². The summed E-state index contributed by atoms with van der Waals surface area (Å²) in [6.45, 7) is 3.26. The van der Waals surface area contributed by atoms with Crippen LogP contribution in [0.2, 0.25) is 0 Å². The fourth-order valence-corrected chi connectivity index (χ4v) is 1.23. The maximum atomic E-state index is 11.4. The van der Waals surface area contributed by atoms with Crippen LogP contribution in [0.1, 0.15) is 19.4 Å². The number of rotatable bonds is 2. The molecule has 0 radical (unpaired) electrons. The van der Waals surface area contributed by atoms with Crippen LogP contribution in [0.15, 0.2) is 30.3 Å². The summed E-state index contributed by atoms with van der Waals surface area (Å²) in [5.41, 5.74) is -0.205. The lowest BCUT2D eigenvalue weighted by atomic mass is 9.84. The van der Waals surface area contributed by atoms with Gasteiger partial charge in [0.25, 0.3) is 5.91 Å². The van der Waals surface area contributed by atoms with E-state index in [0.29, 0.717) is 0 Å². The Morgan fingerprint density at radius 3 is 2.14 bits per heavy atom. The summed E-state index contributed by atoms with van der Waals surface area (Å²) in [6.07, 6.45) is 0. The second kappa shape index (κ2) is 3.77. The molecule has 76 valence electrons. The number of hydrogen-bond acceptors (Lipinski definition) is 3. The minimum atomic E-state index is -0.940. The number of benzene rings is 1. The Morgan fingerprint density at radius 2 is 1.71 bits per heavy atom. The van der Waals surface area contributed by atoms with Crippen molar-refractivity contribution in [2.45, 2.75) is 19.3 Å². The van der Waals surface area contributed by atoms with Gasteiger partial charge in [-0.25, -0.2) is 0 Å². The Labute approximate surface area is 82.3 Å². The van der Waals surface area contributed by atoms with Crippen molar-refractivity contribution in [3.8, 4) is 0 Å². The third-order valence-corrected chi connectivity index (χ3v) is 2.21. The molecule has 0 saturated heterocycles. The molecule has 0 spiro atoms. The van der Waals surface area contributed by atoms with Gasteiger partial charge in [-0.05, 0) is 19.4 Å². The first-order valence-corrected chi connectivity index (χ1v) is 4.24. The van der Waals surface area contributed by atoms with Crippen LogP contribution in [0, 0.1) is 0 Å². The zero-order valence-corrected chi connectivity index (χ0v) is 8.14. The smallest absolute Gasteiger partial charge is 0.269 e. The van der Waals surface area contributed by atoms with Crippen molar-refractivity contribution < 1.29 is 15.2 Å². The van der Waals surface area contributed by atoms with Gasteiger partial charge in [0.1, 0.15) is 0 Å². The van der Waals surface area contributed by atoms with Gasteiger partial charge in [-0.3, -0.25) is 15.2 Å². The Kier molecular flexibility index (Phi) is 2.88. The summed E-state index contributed by atoms with van der Waals surface area (Å²) < 4.78 is 0. The summed E-state index contributed by atoms with van der Waals surface area (Å²) in [4.78, 5) is 11.4. The SMILES string of the molecule is CC(C)(C(=O)N(O)O)c1ccccc1. The third-order valence-electron chi connectivity index (χ3n) is 2.21. The highest BCUT2D eigenvalue weighted by Crippen LogP contribution is 2.24. The zero-order chi connectivity index (χ0) is 10.8. The molecule has 0 bridgehead atoms. The first-order chi connectivity index (χ1) is 6.46. The minimum Gasteiger partial charge on any atom is -0.269 e. The van der Waals surface area contributed by atoms with E-state index in [1.807, 2.05) is 6.07 Å². The first-order valence-electron chi connectivity index (χ1n) is 4.24. The van der Waals surface area contributed by atoms with Crippen LogP contribution in [0.3, 0.4) is 0 Å². The zero-order valence-electron chi connectivity index (χ0n) is 8.14. The van der Waals surface area contributed by atoms with Crippen LogP contribution in [0.25, 0.3) is 0 Å². The van der Waals surface area contributed by atoms with E-state index in [4.69, 9.17) is 10.4 Å². The van der Waals surface area contributed by atoms with Gasteiger partial charge < -0.3 is 0 Å². The normalized spacial score (nSPS) is 11.1. The van der Waals surface area contributed by atoms with Crippen LogP contribution in [0.5, 0.6) is 0 Å². The molecule has 4 nitrogen and oxygen atoms in total. The molecule has 0 atom stereocenters. The molecule has 0 aliphatic heterocycles. The second-order valence-corrected chi connectivity index (χ2v) is 3.59. The molecule has 0 aliphatic carbocycles. The first kappa shape index (κ1) is 10.7. The quantitative estimate of drug-likeness (QED) is 0.556. The van der Waals surface area contributed by atoms with Crippen molar-refractivity contribution in [3.63, 3.8) is 0 Å². The van der Waals surface area contributed by atoms with Gasteiger partial charge >= 0.3 is 0 Å². The average molecular weight is 195 g/mol. The summed E-state index contributed by atoms with van der Waals surface area (Å²) in [5, 5.41) is 16.9. The van der Waals surface area contributed by atoms with E-state index in [2.05, 4.69) is 0 Å². The molecule has 0 aliphatic rings. The van der Waals surface area contributed by atoms with E-state index in [1.165, 1.54) is 0 Å². The largest absolute Gasteiger partial charge is 0.282 e. The van der Waals surface area contributed by atoms with Gasteiger partial charge in [-0.1, -0.05) is 35.6 Å². The molecule has 14 heavy (non-hydrogen) atoms. The number of carbonyl (C=O) groups excluding carboxylic acids is 1. The van der Waals surface area contributed by atoms with Crippen LogP contribution in [-0.4, -0.2) is 21.5 Å². The van der Waals surface area contributed by atoms with Crippen LogP contribution < -0.4 is 0 Å². The molecule has 1 aromatic carbocycles. The molecule has 2 N–H and O–H groups in total. The number of amides is 1. The van der Waals surface area contributed by atoms with Crippen molar-refractivity contribution >= 4 is 5.91 Å². The molecule has 4 heteroatoms. The topological polar surface area (TPSA) is 60.8 Å². The Balaban J connectivity index is 3.02. The van der Waals surface area contributed by atoms with E-state index in [1.54, 1.807) is 38.1 Å². The monoisotopic (exact) mass is 195 g/mol. The molecule has 1 rings (SSSR count). The maximum absolute atomic E-state index is 11.4. The molecule has 0 aromatic heterocycles. The van der Waals surface area contributed by atoms with Crippen molar-refractivity contribution in [1.29, 1.82) is 0 Å².